The number of nitrogens with one attached hydrogen (secondary N) is 1. The summed E-state index contributed by atoms with van der Waals surface area (Å²) in [6.07, 6.45) is 1.06. The summed E-state index contributed by atoms with van der Waals surface area (Å²) in [6, 6.07) is 26.0. The number of hydrogen-bond acceptors (Lipinski definition) is 4. The zero-order valence-corrected chi connectivity index (χ0v) is 17.8. The van der Waals surface area contributed by atoms with Gasteiger partial charge in [-0.15, -0.1) is 0 Å². The third-order valence-corrected chi connectivity index (χ3v) is 4.63. The van der Waals surface area contributed by atoms with Crippen molar-refractivity contribution in [3.05, 3.63) is 84.4 Å². The second-order valence-corrected chi connectivity index (χ2v) is 7.53. The van der Waals surface area contributed by atoms with Gasteiger partial charge in [-0.25, -0.2) is 0 Å². The molecule has 158 valence electrons. The summed E-state index contributed by atoms with van der Waals surface area (Å²) >= 11 is 0. The lowest BCUT2D eigenvalue weighted by atomic mass is 10.1. The minimum absolute atomic E-state index is 0.494. The van der Waals surface area contributed by atoms with Crippen molar-refractivity contribution in [1.82, 2.24) is 0 Å². The predicted octanol–water partition coefficient (Wildman–Crippen LogP) is 6.18. The zero-order chi connectivity index (χ0) is 21.0. The van der Waals surface area contributed by atoms with Gasteiger partial charge >= 0.3 is 0 Å². The van der Waals surface area contributed by atoms with E-state index in [9.17, 15) is 0 Å². The van der Waals surface area contributed by atoms with Crippen molar-refractivity contribution in [1.29, 1.82) is 0 Å². The van der Waals surface area contributed by atoms with Crippen LogP contribution in [0.4, 0.5) is 5.69 Å². The van der Waals surface area contributed by atoms with E-state index in [1.54, 1.807) is 0 Å². The molecule has 0 aliphatic carbocycles. The fourth-order valence-electron chi connectivity index (χ4n) is 2.90. The molecule has 0 spiro atoms. The Hall–Kier alpha value is -3.14. The fraction of sp³-hybridized carbons (Fsp3) is 0.308. The van der Waals surface area contributed by atoms with Crippen LogP contribution in [0.3, 0.4) is 0 Å². The molecule has 4 heteroatoms. The quantitative estimate of drug-likeness (QED) is 0.365. The Labute approximate surface area is 179 Å². The molecule has 0 saturated heterocycles. The van der Waals surface area contributed by atoms with Crippen molar-refractivity contribution in [2.24, 2.45) is 5.92 Å². The summed E-state index contributed by atoms with van der Waals surface area (Å²) in [7, 11) is 0. The van der Waals surface area contributed by atoms with Crippen molar-refractivity contribution in [3.63, 3.8) is 0 Å². The Morgan fingerprint density at radius 3 is 2.07 bits per heavy atom. The molecule has 0 fully saturated rings. The van der Waals surface area contributed by atoms with E-state index in [-0.39, 0.29) is 0 Å². The Kier molecular flexibility index (Phi) is 8.46. The van der Waals surface area contributed by atoms with Gasteiger partial charge in [-0.05, 0) is 54.8 Å². The molecule has 0 bridgehead atoms. The summed E-state index contributed by atoms with van der Waals surface area (Å²) in [5.41, 5.74) is 2.16. The molecule has 0 heterocycles. The molecule has 4 nitrogen and oxygen atoms in total. The first-order valence-electron chi connectivity index (χ1n) is 10.6. The van der Waals surface area contributed by atoms with Crippen molar-refractivity contribution >= 4 is 5.69 Å². The summed E-state index contributed by atoms with van der Waals surface area (Å²) in [6.45, 7) is 6.84. The van der Waals surface area contributed by atoms with Gasteiger partial charge in [0, 0.05) is 17.8 Å². The minimum atomic E-state index is 0.494. The maximum atomic E-state index is 5.94. The molecule has 3 rings (SSSR count). The summed E-state index contributed by atoms with van der Waals surface area (Å²) in [5.74, 6) is 3.28. The first-order chi connectivity index (χ1) is 14.7. The topological polar surface area (TPSA) is 39.7 Å². The molecule has 0 unspecified atom stereocenters. The SMILES string of the molecule is CC(C)CCOc1ccc(NCc2ccccc2OCCOc2ccccc2)cc1. The lowest BCUT2D eigenvalue weighted by Gasteiger charge is -2.14. The lowest BCUT2D eigenvalue weighted by molar-refractivity contribution is 0.216. The van der Waals surface area contributed by atoms with Crippen LogP contribution < -0.4 is 19.5 Å². The van der Waals surface area contributed by atoms with Gasteiger partial charge in [0.05, 0.1) is 6.61 Å². The molecule has 3 aromatic carbocycles. The highest BCUT2D eigenvalue weighted by Gasteiger charge is 2.04. The van der Waals surface area contributed by atoms with E-state index < -0.39 is 0 Å². The molecule has 3 aromatic rings. The van der Waals surface area contributed by atoms with Crippen molar-refractivity contribution in [2.75, 3.05) is 25.1 Å². The van der Waals surface area contributed by atoms with E-state index in [1.165, 1.54) is 0 Å². The second-order valence-electron chi connectivity index (χ2n) is 7.53. The van der Waals surface area contributed by atoms with Crippen LogP contribution in [0, 0.1) is 5.92 Å². The minimum Gasteiger partial charge on any atom is -0.494 e. The maximum absolute atomic E-state index is 5.94. The first kappa shape index (κ1) is 21.6. The van der Waals surface area contributed by atoms with Crippen molar-refractivity contribution in [2.45, 2.75) is 26.8 Å². The summed E-state index contributed by atoms with van der Waals surface area (Å²) in [5, 5.41) is 3.45. The molecule has 0 amide bonds. The largest absolute Gasteiger partial charge is 0.494 e. The Morgan fingerprint density at radius 1 is 0.667 bits per heavy atom. The normalized spacial score (nSPS) is 10.6. The molecular formula is C26H31NO3. The third-order valence-electron chi connectivity index (χ3n) is 4.63. The third kappa shape index (κ3) is 7.36. The van der Waals surface area contributed by atoms with Gasteiger partial charge in [0.15, 0.2) is 0 Å². The van der Waals surface area contributed by atoms with E-state index in [4.69, 9.17) is 14.2 Å². The monoisotopic (exact) mass is 405 g/mol. The van der Waals surface area contributed by atoms with Gasteiger partial charge in [-0.3, -0.25) is 0 Å². The molecular weight excluding hydrogens is 374 g/mol. The van der Waals surface area contributed by atoms with E-state index in [1.807, 2.05) is 72.8 Å². The molecule has 1 N–H and O–H groups in total. The van der Waals surface area contributed by atoms with Crippen LogP contribution in [0.1, 0.15) is 25.8 Å². The fourth-order valence-corrected chi connectivity index (χ4v) is 2.90. The van der Waals surface area contributed by atoms with Gasteiger partial charge in [-0.1, -0.05) is 50.2 Å². The molecule has 0 aromatic heterocycles. The van der Waals surface area contributed by atoms with Crippen LogP contribution in [-0.4, -0.2) is 19.8 Å². The molecule has 0 radical (unpaired) electrons. The van der Waals surface area contributed by atoms with Crippen molar-refractivity contribution in [3.8, 4) is 17.2 Å². The smallest absolute Gasteiger partial charge is 0.124 e. The highest BCUT2D eigenvalue weighted by molar-refractivity contribution is 5.48. The molecule has 0 aliphatic rings. The Morgan fingerprint density at radius 2 is 1.30 bits per heavy atom. The highest BCUT2D eigenvalue weighted by atomic mass is 16.5. The Bertz CT molecular complexity index is 863. The average Bonchev–Trinajstić information content (AvgIpc) is 2.77. The number of anilines is 1. The van der Waals surface area contributed by atoms with Crippen LogP contribution in [0.5, 0.6) is 17.2 Å². The van der Waals surface area contributed by atoms with Gasteiger partial charge in [-0.2, -0.15) is 0 Å². The van der Waals surface area contributed by atoms with Gasteiger partial charge in [0.1, 0.15) is 30.5 Å². The van der Waals surface area contributed by atoms with Crippen molar-refractivity contribution < 1.29 is 14.2 Å². The van der Waals surface area contributed by atoms with E-state index in [2.05, 4.69) is 25.2 Å². The average molecular weight is 406 g/mol. The highest BCUT2D eigenvalue weighted by Crippen LogP contribution is 2.21. The van der Waals surface area contributed by atoms with Crippen LogP contribution in [0.15, 0.2) is 78.9 Å². The zero-order valence-electron chi connectivity index (χ0n) is 17.8. The summed E-state index contributed by atoms with van der Waals surface area (Å²) < 4.78 is 17.4. The van der Waals surface area contributed by atoms with E-state index in [0.29, 0.717) is 25.7 Å². The molecule has 0 atom stereocenters. The maximum Gasteiger partial charge on any atom is 0.124 e. The molecule has 0 saturated carbocycles. The van der Waals surface area contributed by atoms with Crippen LogP contribution >= 0.6 is 0 Å². The molecule has 30 heavy (non-hydrogen) atoms. The van der Waals surface area contributed by atoms with Crippen LogP contribution in [-0.2, 0) is 6.54 Å². The van der Waals surface area contributed by atoms with Gasteiger partial charge < -0.3 is 19.5 Å². The van der Waals surface area contributed by atoms with E-state index in [0.717, 1.165) is 41.5 Å². The van der Waals surface area contributed by atoms with Crippen LogP contribution in [0.2, 0.25) is 0 Å². The predicted molar refractivity (Wildman–Crippen MR) is 123 cm³/mol. The standard InChI is InChI=1S/C26H31NO3/c1-21(2)16-17-28-25-14-12-23(13-15-25)27-20-22-8-6-7-11-26(22)30-19-18-29-24-9-4-3-5-10-24/h3-15,21,27H,16-20H2,1-2H3. The molecule has 0 aliphatic heterocycles. The number of benzene rings is 3. The van der Waals surface area contributed by atoms with E-state index >= 15 is 0 Å². The number of ether oxygens (including phenoxy) is 3. The summed E-state index contributed by atoms with van der Waals surface area (Å²) in [4.78, 5) is 0. The van der Waals surface area contributed by atoms with Gasteiger partial charge in [0.2, 0.25) is 0 Å². The Balaban J connectivity index is 1.45. The van der Waals surface area contributed by atoms with Gasteiger partial charge in [0.25, 0.3) is 0 Å². The van der Waals surface area contributed by atoms with Crippen LogP contribution in [0.25, 0.3) is 0 Å². The first-order valence-corrected chi connectivity index (χ1v) is 10.6. The number of hydrogen-bond donors (Lipinski definition) is 1. The second kappa shape index (κ2) is 11.8. The number of para-hydroxylation sites is 2. The lowest BCUT2D eigenvalue weighted by Crippen LogP contribution is -2.11. The number of rotatable bonds is 12.